The number of hydrazone groups is 1. The fourth-order valence-electron chi connectivity index (χ4n) is 2.45. The predicted octanol–water partition coefficient (Wildman–Crippen LogP) is 1.93. The van der Waals surface area contributed by atoms with E-state index in [1.165, 1.54) is 13.1 Å². The first kappa shape index (κ1) is 22.9. The molecule has 2 aromatic rings. The Morgan fingerprint density at radius 2 is 1.80 bits per heavy atom. The van der Waals surface area contributed by atoms with E-state index in [0.717, 1.165) is 10.6 Å². The van der Waals surface area contributed by atoms with Crippen molar-refractivity contribution in [1.29, 1.82) is 0 Å². The third-order valence-electron chi connectivity index (χ3n) is 3.67. The average Bonchev–Trinajstić information content (AvgIpc) is 2.67. The Hall–Kier alpha value is -3.40. The van der Waals surface area contributed by atoms with Gasteiger partial charge in [0, 0.05) is 6.92 Å². The van der Waals surface area contributed by atoms with Crippen LogP contribution in [-0.4, -0.2) is 45.9 Å². The van der Waals surface area contributed by atoms with Gasteiger partial charge in [-0.1, -0.05) is 12.1 Å². The lowest BCUT2D eigenvalue weighted by molar-refractivity contribution is -0.131. The SMILES string of the molecule is CCOc1ccccc1N(CC(=O)N/N=C\c1ccc(OC(C)=O)cc1)S(C)(=O)=O. The fourth-order valence-corrected chi connectivity index (χ4v) is 3.31. The molecular formula is C20H23N3O6S. The van der Waals surface area contributed by atoms with Crippen LogP contribution in [0.25, 0.3) is 0 Å². The summed E-state index contributed by atoms with van der Waals surface area (Å²) in [6.45, 7) is 2.96. The van der Waals surface area contributed by atoms with Gasteiger partial charge in [-0.05, 0) is 48.9 Å². The summed E-state index contributed by atoms with van der Waals surface area (Å²) < 4.78 is 35.8. The number of hydrogen-bond acceptors (Lipinski definition) is 7. The number of anilines is 1. The lowest BCUT2D eigenvalue weighted by Crippen LogP contribution is -2.39. The summed E-state index contributed by atoms with van der Waals surface area (Å²) in [6.07, 6.45) is 2.39. The molecule has 1 amide bonds. The third-order valence-corrected chi connectivity index (χ3v) is 4.79. The summed E-state index contributed by atoms with van der Waals surface area (Å²) in [5.41, 5.74) is 3.21. The number of sulfonamides is 1. The van der Waals surface area contributed by atoms with Crippen LogP contribution in [0, 0.1) is 0 Å². The molecule has 0 radical (unpaired) electrons. The van der Waals surface area contributed by atoms with E-state index in [9.17, 15) is 18.0 Å². The first-order chi connectivity index (χ1) is 14.2. The van der Waals surface area contributed by atoms with Crippen LogP contribution in [-0.2, 0) is 19.6 Å². The van der Waals surface area contributed by atoms with Crippen LogP contribution < -0.4 is 19.2 Å². The molecule has 0 heterocycles. The lowest BCUT2D eigenvalue weighted by Gasteiger charge is -2.23. The zero-order valence-electron chi connectivity index (χ0n) is 16.9. The second-order valence-corrected chi connectivity index (χ2v) is 8.03. The van der Waals surface area contributed by atoms with Crippen LogP contribution in [0.1, 0.15) is 19.4 Å². The van der Waals surface area contributed by atoms with Gasteiger partial charge in [0.05, 0.1) is 24.8 Å². The number of amides is 1. The van der Waals surface area contributed by atoms with Gasteiger partial charge in [-0.15, -0.1) is 0 Å². The monoisotopic (exact) mass is 433 g/mol. The summed E-state index contributed by atoms with van der Waals surface area (Å²) >= 11 is 0. The molecule has 160 valence electrons. The maximum atomic E-state index is 12.3. The molecule has 30 heavy (non-hydrogen) atoms. The number of carbonyl (C=O) groups excluding carboxylic acids is 2. The molecule has 0 unspecified atom stereocenters. The fraction of sp³-hybridized carbons (Fsp3) is 0.250. The zero-order valence-corrected chi connectivity index (χ0v) is 17.7. The van der Waals surface area contributed by atoms with E-state index in [-0.39, 0.29) is 5.69 Å². The average molecular weight is 433 g/mol. The molecular weight excluding hydrogens is 410 g/mol. The molecule has 0 aliphatic carbocycles. The zero-order chi connectivity index (χ0) is 22.1. The summed E-state index contributed by atoms with van der Waals surface area (Å²) in [4.78, 5) is 23.2. The minimum atomic E-state index is -3.75. The number of nitrogens with zero attached hydrogens (tertiary/aromatic N) is 2. The van der Waals surface area contributed by atoms with Crippen molar-refractivity contribution in [3.8, 4) is 11.5 Å². The van der Waals surface area contributed by atoms with Crippen LogP contribution in [0.2, 0.25) is 0 Å². The number of esters is 1. The number of benzene rings is 2. The van der Waals surface area contributed by atoms with Gasteiger partial charge in [0.25, 0.3) is 5.91 Å². The Bertz CT molecular complexity index is 1020. The topological polar surface area (TPSA) is 114 Å². The van der Waals surface area contributed by atoms with Crippen molar-refractivity contribution < 1.29 is 27.5 Å². The molecule has 0 spiro atoms. The van der Waals surface area contributed by atoms with Gasteiger partial charge in [0.1, 0.15) is 18.0 Å². The molecule has 9 nitrogen and oxygen atoms in total. The molecule has 0 aromatic heterocycles. The number of ether oxygens (including phenoxy) is 2. The van der Waals surface area contributed by atoms with Crippen LogP contribution in [0.5, 0.6) is 11.5 Å². The van der Waals surface area contributed by atoms with Crippen LogP contribution in [0.4, 0.5) is 5.69 Å². The van der Waals surface area contributed by atoms with E-state index in [2.05, 4.69) is 10.5 Å². The van der Waals surface area contributed by atoms with Gasteiger partial charge < -0.3 is 9.47 Å². The molecule has 0 bridgehead atoms. The summed E-state index contributed by atoms with van der Waals surface area (Å²) in [5, 5.41) is 3.83. The Balaban J connectivity index is 2.07. The standard InChI is InChI=1S/C20H23N3O6S/c1-4-28-19-8-6-5-7-18(19)23(30(3,26)27)14-20(25)22-21-13-16-9-11-17(12-10-16)29-15(2)24/h5-13H,4,14H2,1-3H3,(H,22,25)/b21-13-. The van der Waals surface area contributed by atoms with Crippen LogP contribution >= 0.6 is 0 Å². The van der Waals surface area contributed by atoms with Crippen molar-refractivity contribution in [3.63, 3.8) is 0 Å². The Morgan fingerprint density at radius 3 is 2.40 bits per heavy atom. The normalized spacial score (nSPS) is 11.2. The Kier molecular flexibility index (Phi) is 7.93. The first-order valence-corrected chi connectivity index (χ1v) is 10.9. The van der Waals surface area contributed by atoms with Crippen molar-refractivity contribution in [1.82, 2.24) is 5.43 Å². The number of hydrogen-bond donors (Lipinski definition) is 1. The van der Waals surface area contributed by atoms with Crippen molar-refractivity contribution in [2.24, 2.45) is 5.10 Å². The number of carbonyl (C=O) groups is 2. The van der Waals surface area contributed by atoms with E-state index < -0.39 is 28.4 Å². The van der Waals surface area contributed by atoms with Gasteiger partial charge in [-0.25, -0.2) is 13.8 Å². The van der Waals surface area contributed by atoms with Gasteiger partial charge >= 0.3 is 5.97 Å². The predicted molar refractivity (Wildman–Crippen MR) is 113 cm³/mol. The van der Waals surface area contributed by atoms with Gasteiger partial charge in [0.15, 0.2) is 0 Å². The van der Waals surface area contributed by atoms with Crippen molar-refractivity contribution in [2.75, 3.05) is 23.7 Å². The number of para-hydroxylation sites is 2. The van der Waals surface area contributed by atoms with E-state index >= 15 is 0 Å². The van der Waals surface area contributed by atoms with Crippen molar-refractivity contribution >= 4 is 33.8 Å². The minimum Gasteiger partial charge on any atom is -0.492 e. The molecule has 10 heteroatoms. The van der Waals surface area contributed by atoms with Gasteiger partial charge in [-0.2, -0.15) is 5.10 Å². The largest absolute Gasteiger partial charge is 0.492 e. The van der Waals surface area contributed by atoms with Gasteiger partial charge in [0.2, 0.25) is 10.0 Å². The second kappa shape index (κ2) is 10.4. The second-order valence-electron chi connectivity index (χ2n) is 6.13. The first-order valence-electron chi connectivity index (χ1n) is 9.00. The van der Waals surface area contributed by atoms with E-state index in [0.29, 0.717) is 23.7 Å². The summed E-state index contributed by atoms with van der Waals surface area (Å²) in [5.74, 6) is -0.306. The molecule has 2 aromatic carbocycles. The molecule has 0 saturated heterocycles. The Labute approximate surface area is 175 Å². The number of rotatable bonds is 9. The highest BCUT2D eigenvalue weighted by Crippen LogP contribution is 2.29. The minimum absolute atomic E-state index is 0.266. The highest BCUT2D eigenvalue weighted by Gasteiger charge is 2.23. The third kappa shape index (κ3) is 6.89. The highest BCUT2D eigenvalue weighted by atomic mass is 32.2. The molecule has 0 fully saturated rings. The molecule has 1 N–H and O–H groups in total. The molecule has 2 rings (SSSR count). The van der Waals surface area contributed by atoms with Crippen molar-refractivity contribution in [2.45, 2.75) is 13.8 Å². The summed E-state index contributed by atoms with van der Waals surface area (Å²) in [6, 6.07) is 13.0. The smallest absolute Gasteiger partial charge is 0.308 e. The van der Waals surface area contributed by atoms with Gasteiger partial charge in [-0.3, -0.25) is 13.9 Å². The maximum Gasteiger partial charge on any atom is 0.308 e. The summed E-state index contributed by atoms with van der Waals surface area (Å²) in [7, 11) is -3.75. The quantitative estimate of drug-likeness (QED) is 0.280. The molecule has 0 aliphatic heterocycles. The lowest BCUT2D eigenvalue weighted by atomic mass is 10.2. The van der Waals surface area contributed by atoms with Crippen LogP contribution in [0.3, 0.4) is 0 Å². The molecule has 0 saturated carbocycles. The Morgan fingerprint density at radius 1 is 1.13 bits per heavy atom. The van der Waals surface area contributed by atoms with E-state index in [1.807, 2.05) is 0 Å². The van der Waals surface area contributed by atoms with E-state index in [1.54, 1.807) is 55.5 Å². The molecule has 0 aliphatic rings. The van der Waals surface area contributed by atoms with Crippen LogP contribution in [0.15, 0.2) is 53.6 Å². The number of nitrogens with one attached hydrogen (secondary N) is 1. The van der Waals surface area contributed by atoms with E-state index in [4.69, 9.17) is 9.47 Å². The van der Waals surface area contributed by atoms with Crippen molar-refractivity contribution in [3.05, 3.63) is 54.1 Å². The highest BCUT2D eigenvalue weighted by molar-refractivity contribution is 7.92. The maximum absolute atomic E-state index is 12.3. The molecule has 0 atom stereocenters.